The molecule has 4 aromatic carbocycles. The molecule has 0 aliphatic carbocycles. The SMILES string of the molecule is C.Cc1cc(C)c(-c2nc(CO)[nH]c2Cl)cc1C(=O)N1CC(F)(c2ccc(C#N)cc2)C1.Cc1cc(C)c(-c2nc(CO)[nH]c2Cl)cc1C(=O)O.Cl.N#Cc1ccc(C2(F)CNC2)cc1. The molecule has 6 aromatic rings. The van der Waals surface area contributed by atoms with E-state index < -0.39 is 17.3 Å². The van der Waals surface area contributed by atoms with Gasteiger partial charge in [-0.05, 0) is 97.5 Å². The van der Waals surface area contributed by atoms with Gasteiger partial charge in [-0.1, -0.05) is 67.0 Å². The Bertz CT molecular complexity index is 2770. The summed E-state index contributed by atoms with van der Waals surface area (Å²) < 4.78 is 29.0. The number of nitrogens with zero attached hydrogens (tertiary/aromatic N) is 5. The zero-order chi connectivity index (χ0) is 45.8. The number of hydrogen-bond donors (Lipinski definition) is 6. The first-order valence-corrected chi connectivity index (χ1v) is 20.3. The molecule has 0 bridgehead atoms. The molecule has 8 rings (SSSR count). The number of carbonyl (C=O) groups excluding carboxylic acids is 1. The molecule has 0 atom stereocenters. The van der Waals surface area contributed by atoms with Crippen LogP contribution >= 0.6 is 35.6 Å². The number of hydrogen-bond acceptors (Lipinski definition) is 9. The Morgan fingerprint density at radius 2 is 1.11 bits per heavy atom. The fourth-order valence-electron chi connectivity index (χ4n) is 7.27. The molecule has 0 spiro atoms. The van der Waals surface area contributed by atoms with Gasteiger partial charge in [0.2, 0.25) is 0 Å². The second-order valence-corrected chi connectivity index (χ2v) is 16.1. The van der Waals surface area contributed by atoms with Crippen molar-refractivity contribution in [3.05, 3.63) is 150 Å². The number of aliphatic hydroxyl groups excluding tert-OH is 2. The zero-order valence-corrected chi connectivity index (χ0v) is 37.3. The second-order valence-electron chi connectivity index (χ2n) is 15.4. The number of H-pyrrole nitrogens is 2. The third-order valence-electron chi connectivity index (χ3n) is 10.9. The Morgan fingerprint density at radius 3 is 1.46 bits per heavy atom. The van der Waals surface area contributed by atoms with Crippen LogP contribution < -0.4 is 5.32 Å². The first kappa shape index (κ1) is 51.5. The average molecular weight is 948 g/mol. The Labute approximate surface area is 391 Å². The van der Waals surface area contributed by atoms with Crippen LogP contribution in [0, 0.1) is 50.4 Å². The van der Waals surface area contributed by atoms with Crippen LogP contribution in [0.5, 0.6) is 0 Å². The molecule has 13 nitrogen and oxygen atoms in total. The fraction of sp³-hybridized carbons (Fsp3) is 0.277. The molecule has 2 aliphatic rings. The maximum atomic E-state index is 15.3. The molecular formula is C47H47Cl3F2N8O5. The van der Waals surface area contributed by atoms with Crippen LogP contribution in [-0.4, -0.2) is 78.2 Å². The minimum atomic E-state index is -1.63. The number of aryl methyl sites for hydroxylation is 4. The number of carbonyl (C=O) groups is 2. The van der Waals surface area contributed by atoms with Crippen molar-refractivity contribution in [3.63, 3.8) is 0 Å². The van der Waals surface area contributed by atoms with Gasteiger partial charge in [-0.15, -0.1) is 12.4 Å². The van der Waals surface area contributed by atoms with Gasteiger partial charge in [0.25, 0.3) is 5.91 Å². The molecular weight excluding hydrogens is 901 g/mol. The normalized spacial score (nSPS) is 13.9. The van der Waals surface area contributed by atoms with E-state index in [-0.39, 0.29) is 67.9 Å². The smallest absolute Gasteiger partial charge is 0.335 e. The summed E-state index contributed by atoms with van der Waals surface area (Å²) in [6.45, 7) is 7.42. The fourth-order valence-corrected chi connectivity index (χ4v) is 7.78. The van der Waals surface area contributed by atoms with E-state index >= 15 is 4.39 Å². The molecule has 65 heavy (non-hydrogen) atoms. The average Bonchev–Trinajstić information content (AvgIpc) is 3.82. The number of carboxylic acids is 1. The molecule has 340 valence electrons. The topological polar surface area (TPSA) is 215 Å². The van der Waals surface area contributed by atoms with Crippen LogP contribution in [0.1, 0.15) is 84.3 Å². The number of imidazole rings is 2. The standard InChI is InChI=1S/C23H20ClFN4O2.C13H13ClN2O3.C10H9FN2.CH4.ClH/c1-13-7-14(2)18(8-17(13)20-21(24)28-19(10-30)27-20)22(31)29-11-23(25,12-29)16-5-3-15(9-26)4-6-16;1-6-3-7(2)9(13(18)19)4-8(6)11-12(14)16-10(5-17)15-11;11-10(6-13-7-10)9-3-1-8(5-12)2-4-9;;/h3-8,30H,10-12H2,1-2H3,(H,27,28);3-4,17H,5H2,1-2H3,(H,15,16)(H,18,19);1-4,13H,6-7H2;1H4;1H. The molecule has 2 aliphatic heterocycles. The number of halogens is 5. The van der Waals surface area contributed by atoms with Gasteiger partial charge in [-0.2, -0.15) is 10.5 Å². The molecule has 0 radical (unpaired) electrons. The summed E-state index contributed by atoms with van der Waals surface area (Å²) in [6.07, 6.45) is 0. The number of nitrogens with one attached hydrogen (secondary N) is 3. The summed E-state index contributed by atoms with van der Waals surface area (Å²) in [6, 6.07) is 23.9. The molecule has 2 aromatic heterocycles. The highest BCUT2D eigenvalue weighted by Gasteiger charge is 2.47. The Morgan fingerprint density at radius 1 is 0.708 bits per heavy atom. The lowest BCUT2D eigenvalue weighted by Gasteiger charge is -2.45. The Balaban J connectivity index is 0.000000232. The minimum Gasteiger partial charge on any atom is -0.478 e. The first-order chi connectivity index (χ1) is 29.9. The van der Waals surface area contributed by atoms with Gasteiger partial charge in [0.15, 0.2) is 11.3 Å². The summed E-state index contributed by atoms with van der Waals surface area (Å²) in [5, 5.41) is 48.4. The number of likely N-dealkylation sites (tertiary alicyclic amines) is 1. The molecule has 2 fully saturated rings. The maximum absolute atomic E-state index is 15.3. The summed E-state index contributed by atoms with van der Waals surface area (Å²) in [5.41, 5.74) is 5.40. The van der Waals surface area contributed by atoms with Gasteiger partial charge in [0, 0.05) is 29.8 Å². The number of aromatic carboxylic acids is 1. The maximum Gasteiger partial charge on any atom is 0.335 e. The molecule has 2 saturated heterocycles. The third-order valence-corrected chi connectivity index (χ3v) is 11.4. The van der Waals surface area contributed by atoms with E-state index in [0.29, 0.717) is 80.6 Å². The lowest BCUT2D eigenvalue weighted by Crippen LogP contribution is -2.58. The predicted octanol–water partition coefficient (Wildman–Crippen LogP) is 8.95. The van der Waals surface area contributed by atoms with Crippen molar-refractivity contribution in [1.82, 2.24) is 30.2 Å². The van der Waals surface area contributed by atoms with E-state index in [9.17, 15) is 19.1 Å². The van der Waals surface area contributed by atoms with Crippen molar-refractivity contribution in [3.8, 4) is 34.7 Å². The van der Waals surface area contributed by atoms with Gasteiger partial charge in [-0.25, -0.2) is 23.5 Å². The van der Waals surface area contributed by atoms with Crippen LogP contribution in [0.25, 0.3) is 22.5 Å². The van der Waals surface area contributed by atoms with Crippen LogP contribution in [0.15, 0.2) is 72.8 Å². The van der Waals surface area contributed by atoms with E-state index in [1.165, 1.54) is 4.90 Å². The van der Waals surface area contributed by atoms with Crippen molar-refractivity contribution >= 4 is 47.5 Å². The lowest BCUT2D eigenvalue weighted by molar-refractivity contribution is -0.0231. The lowest BCUT2D eigenvalue weighted by atomic mass is 9.86. The Kier molecular flexibility index (Phi) is 16.8. The van der Waals surface area contributed by atoms with E-state index in [1.807, 2.05) is 39.0 Å². The van der Waals surface area contributed by atoms with E-state index in [0.717, 1.165) is 16.7 Å². The van der Waals surface area contributed by atoms with Gasteiger partial charge < -0.3 is 35.5 Å². The predicted molar refractivity (Wildman–Crippen MR) is 246 cm³/mol. The highest BCUT2D eigenvalue weighted by atomic mass is 35.5. The number of aromatic nitrogens is 4. The van der Waals surface area contributed by atoms with Crippen molar-refractivity contribution in [1.29, 1.82) is 10.5 Å². The highest BCUT2D eigenvalue weighted by molar-refractivity contribution is 6.32. The summed E-state index contributed by atoms with van der Waals surface area (Å²) >= 11 is 12.3. The quantitative estimate of drug-likeness (QED) is 0.0852. The number of rotatable bonds is 8. The van der Waals surface area contributed by atoms with Gasteiger partial charge in [0.1, 0.15) is 46.6 Å². The molecule has 0 unspecified atom stereocenters. The first-order valence-electron chi connectivity index (χ1n) is 19.5. The van der Waals surface area contributed by atoms with Crippen molar-refractivity contribution in [2.24, 2.45) is 0 Å². The molecule has 1 amide bonds. The molecule has 18 heteroatoms. The monoisotopic (exact) mass is 946 g/mol. The van der Waals surface area contributed by atoms with Gasteiger partial charge in [0.05, 0.1) is 41.9 Å². The number of aliphatic hydroxyl groups is 2. The van der Waals surface area contributed by atoms with E-state index in [4.69, 9.17) is 43.9 Å². The van der Waals surface area contributed by atoms with Crippen LogP contribution in [0.2, 0.25) is 10.3 Å². The Hall–Kier alpha value is -6.17. The van der Waals surface area contributed by atoms with E-state index in [1.54, 1.807) is 73.7 Å². The number of aromatic amines is 2. The van der Waals surface area contributed by atoms with Crippen molar-refractivity contribution in [2.75, 3.05) is 26.2 Å². The second kappa shape index (κ2) is 21.2. The summed E-state index contributed by atoms with van der Waals surface area (Å²) in [5.74, 6) is -0.584. The number of carboxylic acid groups (broad SMARTS) is 1. The number of alkyl halides is 2. The van der Waals surface area contributed by atoms with Crippen LogP contribution in [0.3, 0.4) is 0 Å². The van der Waals surface area contributed by atoms with Crippen molar-refractivity contribution < 1.29 is 33.7 Å². The summed E-state index contributed by atoms with van der Waals surface area (Å²) in [7, 11) is 0. The number of nitriles is 2. The van der Waals surface area contributed by atoms with Crippen LogP contribution in [-0.2, 0) is 24.6 Å². The zero-order valence-electron chi connectivity index (χ0n) is 35.0. The van der Waals surface area contributed by atoms with E-state index in [2.05, 4.69) is 25.3 Å². The summed E-state index contributed by atoms with van der Waals surface area (Å²) in [4.78, 5) is 39.8. The van der Waals surface area contributed by atoms with Crippen LogP contribution in [0.4, 0.5) is 8.78 Å². The molecule has 0 saturated carbocycles. The molecule has 6 N–H and O–H groups in total. The van der Waals surface area contributed by atoms with Gasteiger partial charge >= 0.3 is 5.97 Å². The number of benzene rings is 4. The highest BCUT2D eigenvalue weighted by Crippen LogP contribution is 2.39. The van der Waals surface area contributed by atoms with Gasteiger partial charge in [-0.3, -0.25) is 4.79 Å². The number of amides is 1. The van der Waals surface area contributed by atoms with Crippen molar-refractivity contribution in [2.45, 2.75) is 59.7 Å². The minimum absolute atomic E-state index is 0. The third kappa shape index (κ3) is 11.0. The largest absolute Gasteiger partial charge is 0.478 e. The molecule has 4 heterocycles.